The summed E-state index contributed by atoms with van der Waals surface area (Å²) in [6.45, 7) is 11.1. The molecule has 3 aromatic carbocycles. The van der Waals surface area contributed by atoms with Gasteiger partial charge in [0.15, 0.2) is 11.5 Å². The monoisotopic (exact) mass is 553 g/mol. The van der Waals surface area contributed by atoms with Crippen LogP contribution in [0.1, 0.15) is 72.9 Å². The average Bonchev–Trinajstić information content (AvgIpc) is 3.68. The third-order valence-electron chi connectivity index (χ3n) is 9.01. The second kappa shape index (κ2) is 12.2. The molecule has 1 amide bonds. The van der Waals surface area contributed by atoms with E-state index in [0.29, 0.717) is 25.7 Å². The fraction of sp³-hybridized carbons (Fsp3) is 0.457. The summed E-state index contributed by atoms with van der Waals surface area (Å²) in [6.07, 6.45) is 5.29. The molecule has 6 nitrogen and oxygen atoms in total. The predicted octanol–water partition coefficient (Wildman–Crippen LogP) is 6.66. The Morgan fingerprint density at radius 2 is 1.54 bits per heavy atom. The Hall–Kier alpha value is -3.51. The molecule has 3 aromatic rings. The number of fused-ring (bicyclic) bond motifs is 1. The van der Waals surface area contributed by atoms with Gasteiger partial charge in [0, 0.05) is 37.1 Å². The summed E-state index contributed by atoms with van der Waals surface area (Å²) in [6, 6.07) is 20.0. The Morgan fingerprint density at radius 1 is 0.878 bits per heavy atom. The van der Waals surface area contributed by atoms with Crippen molar-refractivity contribution < 1.29 is 14.3 Å². The van der Waals surface area contributed by atoms with Crippen molar-refractivity contribution >= 4 is 17.3 Å². The van der Waals surface area contributed by atoms with Crippen LogP contribution in [-0.4, -0.2) is 50.2 Å². The van der Waals surface area contributed by atoms with Crippen molar-refractivity contribution in [2.24, 2.45) is 0 Å². The van der Waals surface area contributed by atoms with Crippen molar-refractivity contribution in [2.75, 3.05) is 49.6 Å². The van der Waals surface area contributed by atoms with Crippen molar-refractivity contribution in [3.63, 3.8) is 0 Å². The molecule has 6 rings (SSSR count). The minimum absolute atomic E-state index is 0.0553. The van der Waals surface area contributed by atoms with Gasteiger partial charge in [-0.05, 0) is 91.5 Å². The molecule has 0 radical (unpaired) electrons. The van der Waals surface area contributed by atoms with Gasteiger partial charge in [0.2, 0.25) is 5.91 Å². The number of nitrogens with zero attached hydrogens (tertiary/aromatic N) is 2. The van der Waals surface area contributed by atoms with Crippen LogP contribution < -0.4 is 19.7 Å². The number of amides is 1. The highest BCUT2D eigenvalue weighted by Gasteiger charge is 2.36. The van der Waals surface area contributed by atoms with Crippen molar-refractivity contribution in [1.82, 2.24) is 4.90 Å². The summed E-state index contributed by atoms with van der Waals surface area (Å²) >= 11 is 0. The highest BCUT2D eigenvalue weighted by Crippen LogP contribution is 2.43. The first kappa shape index (κ1) is 27.6. The molecular weight excluding hydrogens is 510 g/mol. The zero-order valence-corrected chi connectivity index (χ0v) is 24.7. The molecule has 0 saturated carbocycles. The number of carbonyl (C=O) groups is 1. The van der Waals surface area contributed by atoms with E-state index in [9.17, 15) is 4.79 Å². The van der Waals surface area contributed by atoms with E-state index in [-0.39, 0.29) is 11.9 Å². The molecule has 2 saturated heterocycles. The van der Waals surface area contributed by atoms with E-state index in [0.717, 1.165) is 56.1 Å². The molecule has 3 heterocycles. The van der Waals surface area contributed by atoms with Gasteiger partial charge in [-0.15, -0.1) is 0 Å². The first-order valence-corrected chi connectivity index (χ1v) is 15.4. The van der Waals surface area contributed by atoms with E-state index in [1.165, 1.54) is 46.3 Å². The quantitative estimate of drug-likeness (QED) is 0.338. The highest BCUT2D eigenvalue weighted by molar-refractivity contribution is 5.94. The first-order valence-electron chi connectivity index (χ1n) is 15.4. The highest BCUT2D eigenvalue weighted by atomic mass is 16.6. The number of likely N-dealkylation sites (tertiary alicyclic amines) is 1. The smallest absolute Gasteiger partial charge is 0.238 e. The van der Waals surface area contributed by atoms with E-state index < -0.39 is 0 Å². The second-order valence-electron chi connectivity index (χ2n) is 11.8. The summed E-state index contributed by atoms with van der Waals surface area (Å²) in [5, 5.41) is 3.33. The zero-order chi connectivity index (χ0) is 28.3. The van der Waals surface area contributed by atoms with Crippen LogP contribution in [0.5, 0.6) is 11.5 Å². The van der Waals surface area contributed by atoms with Crippen LogP contribution in [0.25, 0.3) is 0 Å². The number of nitrogens with one attached hydrogen (secondary N) is 1. The van der Waals surface area contributed by atoms with Gasteiger partial charge in [0.05, 0.1) is 6.54 Å². The lowest BCUT2D eigenvalue weighted by Gasteiger charge is -2.26. The number of hydrogen-bond donors (Lipinski definition) is 1. The molecule has 3 aliphatic heterocycles. The Kier molecular flexibility index (Phi) is 8.20. The fourth-order valence-corrected chi connectivity index (χ4v) is 6.89. The van der Waals surface area contributed by atoms with Gasteiger partial charge >= 0.3 is 0 Å². The number of benzene rings is 3. The first-order chi connectivity index (χ1) is 20.0. The van der Waals surface area contributed by atoms with Gasteiger partial charge in [0.1, 0.15) is 13.2 Å². The molecule has 2 fully saturated rings. The minimum Gasteiger partial charge on any atom is -0.486 e. The summed E-state index contributed by atoms with van der Waals surface area (Å²) in [5.74, 6) is 2.01. The molecule has 41 heavy (non-hydrogen) atoms. The Bertz CT molecular complexity index is 1350. The van der Waals surface area contributed by atoms with Crippen LogP contribution in [0.15, 0.2) is 54.6 Å². The SMILES string of the molecule is CCc1cc(C)cc(CC)c1NC(=O)CN1CC(c2ccc3c(c2)OCCO3)C[C@@H]1c1ccc(N2CCCC2)cc1. The van der Waals surface area contributed by atoms with Crippen molar-refractivity contribution in [2.45, 2.75) is 64.8 Å². The molecule has 0 bridgehead atoms. The standard InChI is InChI=1S/C35H43N3O3/c1-4-25-18-24(3)19-26(5-2)35(25)36-34(39)23-38-22-29(28-10-13-32-33(21-28)41-17-16-40-32)20-31(38)27-8-11-30(12-9-27)37-14-6-7-15-37/h8-13,18-19,21,29,31H,4-7,14-17,20,22-23H2,1-3H3,(H,36,39)/t29?,31-/m1/s1. The minimum atomic E-state index is 0.0553. The third kappa shape index (κ3) is 5.94. The maximum atomic E-state index is 13.6. The number of hydrogen-bond acceptors (Lipinski definition) is 5. The molecule has 0 spiro atoms. The van der Waals surface area contributed by atoms with E-state index in [1.807, 2.05) is 6.07 Å². The summed E-state index contributed by atoms with van der Waals surface area (Å²) < 4.78 is 11.7. The molecule has 0 aliphatic carbocycles. The van der Waals surface area contributed by atoms with Gasteiger partial charge in [0.25, 0.3) is 0 Å². The Labute approximate surface area is 244 Å². The Morgan fingerprint density at radius 3 is 2.22 bits per heavy atom. The van der Waals surface area contributed by atoms with E-state index in [4.69, 9.17) is 9.47 Å². The molecule has 1 unspecified atom stereocenters. The maximum Gasteiger partial charge on any atom is 0.238 e. The van der Waals surface area contributed by atoms with Crippen LogP contribution in [0, 0.1) is 6.92 Å². The molecule has 216 valence electrons. The maximum absolute atomic E-state index is 13.6. The lowest BCUT2D eigenvalue weighted by atomic mass is 9.93. The predicted molar refractivity (Wildman–Crippen MR) is 166 cm³/mol. The summed E-state index contributed by atoms with van der Waals surface area (Å²) in [4.78, 5) is 18.5. The van der Waals surface area contributed by atoms with Crippen LogP contribution in [-0.2, 0) is 17.6 Å². The van der Waals surface area contributed by atoms with Gasteiger partial charge in [-0.1, -0.05) is 49.7 Å². The van der Waals surface area contributed by atoms with Gasteiger partial charge in [-0.3, -0.25) is 9.69 Å². The molecule has 0 aromatic heterocycles. The van der Waals surface area contributed by atoms with Crippen LogP contribution >= 0.6 is 0 Å². The molecule has 3 aliphatic rings. The number of carbonyl (C=O) groups excluding carboxylic acids is 1. The summed E-state index contributed by atoms with van der Waals surface area (Å²) in [7, 11) is 0. The van der Waals surface area contributed by atoms with Crippen molar-refractivity contribution in [1.29, 1.82) is 0 Å². The lowest BCUT2D eigenvalue weighted by Crippen LogP contribution is -2.33. The third-order valence-corrected chi connectivity index (χ3v) is 9.01. The molecule has 6 heteroatoms. The van der Waals surface area contributed by atoms with Gasteiger partial charge in [-0.2, -0.15) is 0 Å². The molecule has 2 atom stereocenters. The Balaban J connectivity index is 1.25. The molecular formula is C35H43N3O3. The average molecular weight is 554 g/mol. The van der Waals surface area contributed by atoms with Crippen molar-refractivity contribution in [3.8, 4) is 11.5 Å². The number of ether oxygens (including phenoxy) is 2. The normalized spacial score (nSPS) is 20.4. The van der Waals surface area contributed by atoms with Crippen LogP contribution in [0.3, 0.4) is 0 Å². The molecule has 1 N–H and O–H groups in total. The van der Waals surface area contributed by atoms with E-state index >= 15 is 0 Å². The largest absolute Gasteiger partial charge is 0.486 e. The number of aryl methyl sites for hydroxylation is 3. The second-order valence-corrected chi connectivity index (χ2v) is 11.8. The van der Waals surface area contributed by atoms with Crippen LogP contribution in [0.4, 0.5) is 11.4 Å². The topological polar surface area (TPSA) is 54.0 Å². The number of anilines is 2. The summed E-state index contributed by atoms with van der Waals surface area (Å²) in [5.41, 5.74) is 8.49. The number of rotatable bonds is 8. The fourth-order valence-electron chi connectivity index (χ4n) is 6.89. The van der Waals surface area contributed by atoms with E-state index in [2.05, 4.69) is 84.4 Å². The zero-order valence-electron chi connectivity index (χ0n) is 24.7. The van der Waals surface area contributed by atoms with E-state index in [1.54, 1.807) is 0 Å². The van der Waals surface area contributed by atoms with Crippen LogP contribution in [0.2, 0.25) is 0 Å². The van der Waals surface area contributed by atoms with Crippen molar-refractivity contribution in [3.05, 3.63) is 82.4 Å². The lowest BCUT2D eigenvalue weighted by molar-refractivity contribution is -0.117. The van der Waals surface area contributed by atoms with Gasteiger partial charge < -0.3 is 19.7 Å². The van der Waals surface area contributed by atoms with Gasteiger partial charge in [-0.25, -0.2) is 0 Å².